The number of hydrogen-bond donors (Lipinski definition) is 0. The van der Waals surface area contributed by atoms with Gasteiger partial charge in [-0.25, -0.2) is 9.78 Å². The molecule has 1 heterocycles. The van der Waals surface area contributed by atoms with Crippen molar-refractivity contribution < 1.29 is 19.0 Å². The Bertz CT molecular complexity index is 1240. The second kappa shape index (κ2) is 9.95. The lowest BCUT2D eigenvalue weighted by Gasteiger charge is -2.15. The summed E-state index contributed by atoms with van der Waals surface area (Å²) in [5.41, 5.74) is 1.04. The van der Waals surface area contributed by atoms with Crippen molar-refractivity contribution in [2.75, 3.05) is 14.2 Å². The number of rotatable bonds is 7. The van der Waals surface area contributed by atoms with E-state index in [1.807, 2.05) is 19.9 Å². The Morgan fingerprint density at radius 1 is 1.12 bits per heavy atom. The summed E-state index contributed by atoms with van der Waals surface area (Å²) in [5, 5.41) is 4.89. The molecule has 3 aromatic rings. The summed E-state index contributed by atoms with van der Waals surface area (Å²) in [6.45, 7) is 5.50. The molecular formula is C23H24BrN3O5. The molecule has 0 amide bonds. The zero-order chi connectivity index (χ0) is 23.4. The number of carbonyl (C=O) groups excluding carboxylic acids is 1. The highest BCUT2D eigenvalue weighted by molar-refractivity contribution is 9.10. The van der Waals surface area contributed by atoms with E-state index in [0.29, 0.717) is 33.8 Å². The van der Waals surface area contributed by atoms with Crippen LogP contribution in [0.5, 0.6) is 11.5 Å². The normalized spacial score (nSPS) is 12.3. The van der Waals surface area contributed by atoms with Gasteiger partial charge in [0.2, 0.25) is 0 Å². The van der Waals surface area contributed by atoms with Crippen LogP contribution in [-0.2, 0) is 9.53 Å². The fourth-order valence-electron chi connectivity index (χ4n) is 3.04. The number of carbonyl (C=O) groups is 1. The van der Waals surface area contributed by atoms with Gasteiger partial charge in [0.05, 0.1) is 31.3 Å². The van der Waals surface area contributed by atoms with Crippen LogP contribution in [0.2, 0.25) is 0 Å². The van der Waals surface area contributed by atoms with Crippen LogP contribution in [0, 0.1) is 0 Å². The van der Waals surface area contributed by atoms with Gasteiger partial charge in [-0.2, -0.15) is 9.78 Å². The third-order valence-electron chi connectivity index (χ3n) is 4.70. The number of hydrogen-bond acceptors (Lipinski definition) is 7. The minimum Gasteiger partial charge on any atom is -0.493 e. The van der Waals surface area contributed by atoms with Crippen LogP contribution < -0.4 is 15.0 Å². The van der Waals surface area contributed by atoms with E-state index < -0.39 is 12.1 Å². The fraction of sp³-hybridized carbons (Fsp3) is 0.304. The molecule has 0 unspecified atom stereocenters. The van der Waals surface area contributed by atoms with E-state index in [1.165, 1.54) is 18.9 Å². The van der Waals surface area contributed by atoms with Gasteiger partial charge in [-0.3, -0.25) is 4.79 Å². The van der Waals surface area contributed by atoms with Gasteiger partial charge in [0, 0.05) is 10.4 Å². The van der Waals surface area contributed by atoms with Gasteiger partial charge in [0.15, 0.2) is 17.6 Å². The van der Waals surface area contributed by atoms with Crippen LogP contribution in [0.4, 0.5) is 0 Å². The second-order valence-electron chi connectivity index (χ2n) is 7.34. The van der Waals surface area contributed by atoms with Crippen LogP contribution in [0.3, 0.4) is 0 Å². The second-order valence-corrected chi connectivity index (χ2v) is 8.26. The molecule has 0 radical (unpaired) electrons. The molecule has 0 N–H and O–H groups in total. The Kier molecular flexibility index (Phi) is 7.29. The van der Waals surface area contributed by atoms with Crippen LogP contribution in [0.15, 0.2) is 50.8 Å². The van der Waals surface area contributed by atoms with E-state index in [-0.39, 0.29) is 11.5 Å². The number of aromatic nitrogens is 2. The average Bonchev–Trinajstić information content (AvgIpc) is 2.78. The summed E-state index contributed by atoms with van der Waals surface area (Å²) in [5.74, 6) is 0.855. The molecule has 2 aromatic carbocycles. The molecule has 1 atom stereocenters. The van der Waals surface area contributed by atoms with Crippen molar-refractivity contribution in [3.8, 4) is 11.5 Å². The lowest BCUT2D eigenvalue weighted by molar-refractivity contribution is -0.147. The zero-order valence-corrected chi connectivity index (χ0v) is 20.0. The molecule has 0 saturated carbocycles. The van der Waals surface area contributed by atoms with Crippen LogP contribution in [-0.4, -0.2) is 42.2 Å². The van der Waals surface area contributed by atoms with Crippen molar-refractivity contribution in [2.45, 2.75) is 32.8 Å². The number of halogens is 1. The Balaban J connectivity index is 2.00. The Morgan fingerprint density at radius 3 is 2.53 bits per heavy atom. The van der Waals surface area contributed by atoms with E-state index in [1.54, 1.807) is 43.5 Å². The molecule has 0 saturated heterocycles. The summed E-state index contributed by atoms with van der Waals surface area (Å²) in [6.07, 6.45) is 0.762. The monoisotopic (exact) mass is 501 g/mol. The lowest BCUT2D eigenvalue weighted by Crippen LogP contribution is -2.25. The number of methoxy groups -OCH3 is 2. The van der Waals surface area contributed by atoms with Gasteiger partial charge in [-0.15, -0.1) is 0 Å². The summed E-state index contributed by atoms with van der Waals surface area (Å²) < 4.78 is 17.8. The smallest absolute Gasteiger partial charge is 0.346 e. The van der Waals surface area contributed by atoms with E-state index in [2.05, 4.69) is 30.8 Å². The molecule has 0 aliphatic heterocycles. The van der Waals surface area contributed by atoms with E-state index in [4.69, 9.17) is 9.47 Å². The van der Waals surface area contributed by atoms with E-state index >= 15 is 0 Å². The van der Waals surface area contributed by atoms with Crippen molar-refractivity contribution in [3.05, 3.63) is 62.6 Å². The van der Waals surface area contributed by atoms with Crippen molar-refractivity contribution in [3.63, 3.8) is 0 Å². The van der Waals surface area contributed by atoms with Gasteiger partial charge < -0.3 is 14.2 Å². The molecule has 1 aromatic heterocycles. The van der Waals surface area contributed by atoms with Crippen molar-refractivity contribution in [2.24, 2.45) is 5.10 Å². The van der Waals surface area contributed by atoms with Gasteiger partial charge in [0.25, 0.3) is 5.56 Å². The number of fused-ring (bicyclic) bond motifs is 1. The Hall–Kier alpha value is -3.20. The molecule has 3 rings (SSSR count). The molecule has 8 nitrogen and oxygen atoms in total. The Labute approximate surface area is 194 Å². The number of ether oxygens (including phenoxy) is 3. The average molecular weight is 502 g/mol. The third kappa shape index (κ3) is 4.99. The van der Waals surface area contributed by atoms with Crippen LogP contribution >= 0.6 is 15.9 Å². The highest BCUT2D eigenvalue weighted by Crippen LogP contribution is 2.29. The van der Waals surface area contributed by atoms with Crippen molar-refractivity contribution in [1.29, 1.82) is 0 Å². The lowest BCUT2D eigenvalue weighted by atomic mass is 10.2. The largest absolute Gasteiger partial charge is 0.493 e. The number of nitrogens with zero attached hydrogens (tertiary/aromatic N) is 3. The van der Waals surface area contributed by atoms with Gasteiger partial charge in [-0.1, -0.05) is 29.8 Å². The van der Waals surface area contributed by atoms with Crippen LogP contribution in [0.25, 0.3) is 10.9 Å². The predicted octanol–water partition coefficient (Wildman–Crippen LogP) is 4.11. The molecule has 168 valence electrons. The first-order chi connectivity index (χ1) is 15.2. The topological polar surface area (TPSA) is 92.0 Å². The van der Waals surface area contributed by atoms with Gasteiger partial charge in [-0.05, 0) is 48.9 Å². The maximum absolute atomic E-state index is 13.1. The van der Waals surface area contributed by atoms with Gasteiger partial charge >= 0.3 is 5.97 Å². The van der Waals surface area contributed by atoms with Crippen LogP contribution in [0.1, 0.15) is 38.1 Å². The molecular weight excluding hydrogens is 478 g/mol. The van der Waals surface area contributed by atoms with E-state index in [0.717, 1.165) is 4.47 Å². The quantitative estimate of drug-likeness (QED) is 0.357. The highest BCUT2D eigenvalue weighted by Gasteiger charge is 2.17. The summed E-state index contributed by atoms with van der Waals surface area (Å²) >= 11 is 3.40. The molecule has 9 heteroatoms. The van der Waals surface area contributed by atoms with Crippen molar-refractivity contribution >= 4 is 39.0 Å². The molecule has 0 aliphatic rings. The summed E-state index contributed by atoms with van der Waals surface area (Å²) in [4.78, 5) is 29.4. The SMILES string of the molecule is COC(=O)[C@H](C)Oc1ccc(C=Nn2c(C(C)C)nc3ccc(Br)cc3c2=O)cc1OC. The summed E-state index contributed by atoms with van der Waals surface area (Å²) in [7, 11) is 2.80. The zero-order valence-electron chi connectivity index (χ0n) is 18.5. The van der Waals surface area contributed by atoms with Crippen molar-refractivity contribution in [1.82, 2.24) is 9.66 Å². The first-order valence-electron chi connectivity index (χ1n) is 9.94. The highest BCUT2D eigenvalue weighted by atomic mass is 79.9. The van der Waals surface area contributed by atoms with Gasteiger partial charge in [0.1, 0.15) is 5.82 Å². The first kappa shape index (κ1) is 23.5. The third-order valence-corrected chi connectivity index (χ3v) is 5.19. The Morgan fingerprint density at radius 2 is 1.88 bits per heavy atom. The molecule has 0 bridgehead atoms. The number of esters is 1. The maximum Gasteiger partial charge on any atom is 0.346 e. The molecule has 0 spiro atoms. The minimum atomic E-state index is -0.788. The minimum absolute atomic E-state index is 0.0157. The fourth-order valence-corrected chi connectivity index (χ4v) is 3.40. The first-order valence-corrected chi connectivity index (χ1v) is 10.7. The maximum atomic E-state index is 13.1. The standard InChI is InChI=1S/C23H24BrN3O5/c1-13(2)21-26-18-8-7-16(24)11-17(18)22(28)27(21)25-12-15-6-9-19(20(10-15)30-4)32-14(3)23(29)31-5/h6-14H,1-5H3/t14-/m0/s1. The predicted molar refractivity (Wildman–Crippen MR) is 126 cm³/mol. The molecule has 32 heavy (non-hydrogen) atoms. The number of benzene rings is 2. The summed E-state index contributed by atoms with van der Waals surface area (Å²) in [6, 6.07) is 10.5. The molecule has 0 fully saturated rings. The molecule has 0 aliphatic carbocycles. The van der Waals surface area contributed by atoms with E-state index in [9.17, 15) is 9.59 Å².